The molecule has 0 saturated carbocycles. The molecule has 2 aliphatic heterocycles. The lowest BCUT2D eigenvalue weighted by Gasteiger charge is -2.47. The Hall–Kier alpha value is -1.59. The summed E-state index contributed by atoms with van der Waals surface area (Å²) in [7, 11) is 1.66. The van der Waals surface area contributed by atoms with Gasteiger partial charge < -0.3 is 10.8 Å². The second-order valence-corrected chi connectivity index (χ2v) is 6.37. The fourth-order valence-corrected chi connectivity index (χ4v) is 4.31. The molecule has 0 radical (unpaired) electrons. The van der Waals surface area contributed by atoms with E-state index in [1.54, 1.807) is 7.05 Å². The zero-order valence-electron chi connectivity index (χ0n) is 10.3. The fraction of sp³-hybridized carbons (Fsp3) is 0.444. The van der Waals surface area contributed by atoms with Crippen LogP contribution in [0.1, 0.15) is 0 Å². The predicted molar refractivity (Wildman–Crippen MR) is 70.4 cm³/mol. The van der Waals surface area contributed by atoms with Crippen LogP contribution >= 0.6 is 23.5 Å². The van der Waals surface area contributed by atoms with Gasteiger partial charge in [-0.3, -0.25) is 9.69 Å². The van der Waals surface area contributed by atoms with E-state index < -0.39 is 12.0 Å². The summed E-state index contributed by atoms with van der Waals surface area (Å²) in [5.41, 5.74) is 5.65. The third-order valence-corrected chi connectivity index (χ3v) is 5.57. The molecule has 1 fully saturated rings. The molecular weight excluding hydrogens is 304 g/mol. The Kier molecular flexibility index (Phi) is 3.18. The van der Waals surface area contributed by atoms with E-state index in [9.17, 15) is 14.7 Å². The molecule has 1 aromatic heterocycles. The fourth-order valence-electron chi connectivity index (χ4n) is 1.98. The van der Waals surface area contributed by atoms with Crippen LogP contribution in [0.2, 0.25) is 0 Å². The number of carbonyl (C=O) groups is 2. The lowest BCUT2D eigenvalue weighted by molar-refractivity contribution is -0.147. The van der Waals surface area contributed by atoms with E-state index in [4.69, 9.17) is 5.73 Å². The van der Waals surface area contributed by atoms with Crippen LogP contribution < -0.4 is 5.73 Å². The van der Waals surface area contributed by atoms with Gasteiger partial charge in [-0.25, -0.2) is 9.48 Å². The molecule has 9 nitrogen and oxygen atoms in total. The molecule has 0 unspecified atom stereocenters. The summed E-state index contributed by atoms with van der Waals surface area (Å²) in [5, 5.41) is 20.5. The Morgan fingerprint density at radius 3 is 2.95 bits per heavy atom. The van der Waals surface area contributed by atoms with E-state index in [0.29, 0.717) is 15.8 Å². The minimum atomic E-state index is -1.15. The Morgan fingerprint density at radius 2 is 2.35 bits per heavy atom. The third kappa shape index (κ3) is 1.89. The molecule has 20 heavy (non-hydrogen) atoms. The number of thioether (sulfide) groups is 2. The molecule has 11 heteroatoms. The van der Waals surface area contributed by atoms with Gasteiger partial charge in [0, 0.05) is 17.7 Å². The number of fused-ring (bicyclic) bond motifs is 1. The van der Waals surface area contributed by atoms with Crippen LogP contribution in [0.4, 0.5) is 0 Å². The molecular formula is C9H10N6O3S2. The highest BCUT2D eigenvalue weighted by Gasteiger charge is 2.52. The number of aliphatic carboxylic acids is 1. The van der Waals surface area contributed by atoms with Crippen molar-refractivity contribution in [3.63, 3.8) is 0 Å². The zero-order chi connectivity index (χ0) is 14.4. The van der Waals surface area contributed by atoms with Crippen molar-refractivity contribution >= 4 is 35.4 Å². The normalized spacial score (nSPS) is 25.5. The highest BCUT2D eigenvalue weighted by atomic mass is 32.2. The van der Waals surface area contributed by atoms with E-state index in [1.165, 1.54) is 21.3 Å². The topological polar surface area (TPSA) is 127 Å². The molecule has 3 heterocycles. The van der Waals surface area contributed by atoms with Crippen molar-refractivity contribution in [1.29, 1.82) is 0 Å². The number of nitrogens with two attached hydrogens (primary N) is 1. The number of hydrogen-bond acceptors (Lipinski definition) is 8. The van der Waals surface area contributed by atoms with Gasteiger partial charge in [0.1, 0.15) is 17.1 Å². The average Bonchev–Trinajstić information content (AvgIpc) is 2.82. The summed E-state index contributed by atoms with van der Waals surface area (Å²) >= 11 is 2.59. The number of nitrogens with zero attached hydrogens (tertiary/aromatic N) is 5. The molecule has 3 N–H and O–H groups in total. The van der Waals surface area contributed by atoms with Crippen LogP contribution in [0.25, 0.3) is 0 Å². The molecule has 0 aliphatic carbocycles. The number of carboxylic acid groups (broad SMARTS) is 1. The van der Waals surface area contributed by atoms with Gasteiger partial charge in [0.05, 0.1) is 0 Å². The van der Waals surface area contributed by atoms with Gasteiger partial charge in [-0.2, -0.15) is 0 Å². The van der Waals surface area contributed by atoms with Crippen LogP contribution in [0.5, 0.6) is 0 Å². The number of tetrazole rings is 1. The number of β-lactam (4-membered cyclic amide) rings is 1. The first kappa shape index (κ1) is 13.4. The van der Waals surface area contributed by atoms with E-state index in [-0.39, 0.29) is 17.0 Å². The Labute approximate surface area is 121 Å². The predicted octanol–water partition coefficient (Wildman–Crippen LogP) is -1.16. The van der Waals surface area contributed by atoms with Crippen LogP contribution in [0, 0.1) is 0 Å². The maximum absolute atomic E-state index is 11.8. The van der Waals surface area contributed by atoms with Crippen molar-refractivity contribution < 1.29 is 14.7 Å². The second kappa shape index (κ2) is 4.75. The molecule has 0 aromatic carbocycles. The van der Waals surface area contributed by atoms with E-state index in [1.807, 2.05) is 0 Å². The van der Waals surface area contributed by atoms with Gasteiger partial charge in [0.15, 0.2) is 0 Å². The van der Waals surface area contributed by atoms with Crippen LogP contribution in [-0.4, -0.2) is 59.3 Å². The molecule has 0 spiro atoms. The molecule has 106 valence electrons. The van der Waals surface area contributed by atoms with Gasteiger partial charge in [-0.15, -0.1) is 16.9 Å². The monoisotopic (exact) mass is 314 g/mol. The third-order valence-electron chi connectivity index (χ3n) is 2.97. The second-order valence-electron chi connectivity index (χ2n) is 4.20. The van der Waals surface area contributed by atoms with Gasteiger partial charge in [-0.05, 0) is 22.2 Å². The van der Waals surface area contributed by atoms with E-state index in [2.05, 4.69) is 15.5 Å². The van der Waals surface area contributed by atoms with Crippen LogP contribution in [0.3, 0.4) is 0 Å². The highest BCUT2D eigenvalue weighted by Crippen LogP contribution is 2.43. The Bertz CT molecular complexity index is 629. The average molecular weight is 314 g/mol. The number of hydrogen-bond donors (Lipinski definition) is 2. The van der Waals surface area contributed by atoms with Crippen molar-refractivity contribution in [2.24, 2.45) is 12.8 Å². The van der Waals surface area contributed by atoms with Gasteiger partial charge in [-0.1, -0.05) is 0 Å². The summed E-state index contributed by atoms with van der Waals surface area (Å²) in [6.45, 7) is 0. The van der Waals surface area contributed by atoms with Crippen molar-refractivity contribution in [3.05, 3.63) is 10.6 Å². The maximum atomic E-state index is 11.8. The minimum Gasteiger partial charge on any atom is -0.477 e. The summed E-state index contributed by atoms with van der Waals surface area (Å²) in [6.07, 6.45) is 0. The summed E-state index contributed by atoms with van der Waals surface area (Å²) in [4.78, 5) is 25.0. The standard InChI is InChI=1S/C9H10N6O3S2/c1-14-9(11-12-13-14)20-3-2-19-7-4(10)6(16)15(7)5(3)8(17)18/h4,7H,2,10H2,1H3,(H,17,18)/t4-,7+/m1/s1. The zero-order valence-corrected chi connectivity index (χ0v) is 11.9. The lowest BCUT2D eigenvalue weighted by Crippen LogP contribution is -2.68. The Balaban J connectivity index is 1.96. The maximum Gasteiger partial charge on any atom is 0.353 e. The first-order valence-corrected chi connectivity index (χ1v) is 7.44. The minimum absolute atomic E-state index is 0.0200. The Morgan fingerprint density at radius 1 is 1.60 bits per heavy atom. The van der Waals surface area contributed by atoms with E-state index in [0.717, 1.165) is 11.8 Å². The highest BCUT2D eigenvalue weighted by molar-refractivity contribution is 8.06. The molecule has 3 rings (SSSR count). The van der Waals surface area contributed by atoms with Gasteiger partial charge in [0.2, 0.25) is 11.1 Å². The van der Waals surface area contributed by atoms with Crippen molar-refractivity contribution in [2.75, 3.05) is 5.75 Å². The first-order chi connectivity index (χ1) is 9.50. The van der Waals surface area contributed by atoms with Crippen LogP contribution in [-0.2, 0) is 16.6 Å². The number of carbonyl (C=O) groups excluding carboxylic acids is 1. The van der Waals surface area contributed by atoms with Crippen LogP contribution in [0.15, 0.2) is 15.8 Å². The summed E-state index contributed by atoms with van der Waals surface area (Å²) < 4.78 is 1.44. The SMILES string of the molecule is Cn1nnnc1SC1=C(C(=O)O)N2C(=O)[C@@H](N)[C@@H]2SC1. The largest absolute Gasteiger partial charge is 0.477 e. The number of carboxylic acids is 1. The molecule has 1 saturated heterocycles. The lowest BCUT2D eigenvalue weighted by atomic mass is 10.1. The van der Waals surface area contributed by atoms with Crippen molar-refractivity contribution in [3.8, 4) is 0 Å². The smallest absolute Gasteiger partial charge is 0.353 e. The van der Waals surface area contributed by atoms with E-state index >= 15 is 0 Å². The molecule has 0 bridgehead atoms. The number of aryl methyl sites for hydroxylation is 1. The first-order valence-electron chi connectivity index (χ1n) is 5.57. The van der Waals surface area contributed by atoms with Crippen molar-refractivity contribution in [1.82, 2.24) is 25.1 Å². The van der Waals surface area contributed by atoms with Gasteiger partial charge >= 0.3 is 5.97 Å². The van der Waals surface area contributed by atoms with Crippen molar-refractivity contribution in [2.45, 2.75) is 16.6 Å². The molecule has 2 aliphatic rings. The van der Waals surface area contributed by atoms with Gasteiger partial charge in [0.25, 0.3) is 0 Å². The number of amides is 1. The summed E-state index contributed by atoms with van der Waals surface area (Å²) in [5.74, 6) is -1.05. The molecule has 1 amide bonds. The molecule has 1 aromatic rings. The quantitative estimate of drug-likeness (QED) is 0.664. The molecule has 2 atom stereocenters. The summed E-state index contributed by atoms with van der Waals surface area (Å²) in [6, 6.07) is -0.627. The number of aromatic nitrogens is 4. The number of rotatable bonds is 3.